The molecule has 0 unspecified atom stereocenters. The van der Waals surface area contributed by atoms with Crippen molar-refractivity contribution in [3.63, 3.8) is 0 Å². The molecule has 0 aromatic heterocycles. The van der Waals surface area contributed by atoms with Crippen LogP contribution < -0.4 is 4.74 Å². The van der Waals surface area contributed by atoms with Crippen LogP contribution in [0.1, 0.15) is 16.7 Å². The fourth-order valence-electron chi connectivity index (χ4n) is 2.91. The first-order chi connectivity index (χ1) is 14.6. The predicted molar refractivity (Wildman–Crippen MR) is 112 cm³/mol. The van der Waals surface area contributed by atoms with Gasteiger partial charge in [-0.15, -0.1) is 11.8 Å². The standard InChI is InChI=1S/C23H19F3O4S/c1-14-10-19(7-9-21(14)30-12-22(28)29)31-13-17-11-16(4-8-20(17)27)15-2-5-18(6-3-15)23(24,25)26/h2-11,27H,12-13H2,1H3,(H,28,29). The Kier molecular flexibility index (Phi) is 6.80. The number of aryl methyl sites for hydroxylation is 1. The summed E-state index contributed by atoms with van der Waals surface area (Å²) in [6, 6.07) is 15.2. The first-order valence-corrected chi connectivity index (χ1v) is 10.2. The van der Waals surface area contributed by atoms with Crippen LogP contribution in [0.25, 0.3) is 11.1 Å². The molecule has 0 saturated heterocycles. The van der Waals surface area contributed by atoms with Gasteiger partial charge < -0.3 is 14.9 Å². The molecule has 2 N–H and O–H groups in total. The number of carbonyl (C=O) groups is 1. The molecule has 8 heteroatoms. The van der Waals surface area contributed by atoms with E-state index < -0.39 is 24.3 Å². The molecule has 0 bridgehead atoms. The lowest BCUT2D eigenvalue weighted by Crippen LogP contribution is -2.09. The molecule has 31 heavy (non-hydrogen) atoms. The van der Waals surface area contributed by atoms with Crippen molar-refractivity contribution >= 4 is 17.7 Å². The maximum atomic E-state index is 12.8. The van der Waals surface area contributed by atoms with Crippen molar-refractivity contribution in [1.29, 1.82) is 0 Å². The number of ether oxygens (including phenoxy) is 1. The van der Waals surface area contributed by atoms with Gasteiger partial charge in [0.15, 0.2) is 6.61 Å². The van der Waals surface area contributed by atoms with E-state index in [1.54, 1.807) is 24.3 Å². The smallest absolute Gasteiger partial charge is 0.416 e. The second-order valence-corrected chi connectivity index (χ2v) is 7.87. The lowest BCUT2D eigenvalue weighted by Gasteiger charge is -2.11. The van der Waals surface area contributed by atoms with Gasteiger partial charge in [0.25, 0.3) is 0 Å². The number of phenols is 1. The summed E-state index contributed by atoms with van der Waals surface area (Å²) in [4.78, 5) is 11.5. The fraction of sp³-hybridized carbons (Fsp3) is 0.174. The van der Waals surface area contributed by atoms with Crippen molar-refractivity contribution in [2.24, 2.45) is 0 Å². The number of rotatable bonds is 7. The minimum atomic E-state index is -4.39. The minimum Gasteiger partial charge on any atom is -0.508 e. The van der Waals surface area contributed by atoms with Crippen LogP contribution in [-0.4, -0.2) is 22.8 Å². The average molecular weight is 448 g/mol. The van der Waals surface area contributed by atoms with E-state index in [-0.39, 0.29) is 5.75 Å². The van der Waals surface area contributed by atoms with Gasteiger partial charge in [-0.05, 0) is 66.1 Å². The number of hydrogen-bond donors (Lipinski definition) is 2. The van der Waals surface area contributed by atoms with Crippen LogP contribution in [0.3, 0.4) is 0 Å². The van der Waals surface area contributed by atoms with Gasteiger partial charge >= 0.3 is 12.1 Å². The van der Waals surface area contributed by atoms with Gasteiger partial charge in [0, 0.05) is 16.2 Å². The average Bonchev–Trinajstić information content (AvgIpc) is 2.72. The van der Waals surface area contributed by atoms with Gasteiger partial charge in [-0.25, -0.2) is 4.79 Å². The molecule has 162 valence electrons. The lowest BCUT2D eigenvalue weighted by molar-refractivity contribution is -0.139. The number of phenolic OH excluding ortho intramolecular Hbond substituents is 1. The number of hydrogen-bond acceptors (Lipinski definition) is 4. The van der Waals surface area contributed by atoms with Crippen molar-refractivity contribution in [2.45, 2.75) is 23.7 Å². The largest absolute Gasteiger partial charge is 0.508 e. The molecule has 0 aliphatic heterocycles. The summed E-state index contributed by atoms with van der Waals surface area (Å²) >= 11 is 1.46. The van der Waals surface area contributed by atoms with E-state index in [1.807, 2.05) is 13.0 Å². The summed E-state index contributed by atoms with van der Waals surface area (Å²) in [5, 5.41) is 18.9. The molecule has 0 amide bonds. The van der Waals surface area contributed by atoms with E-state index in [4.69, 9.17) is 9.84 Å². The molecule has 0 heterocycles. The van der Waals surface area contributed by atoms with Crippen LogP contribution in [0.2, 0.25) is 0 Å². The summed E-state index contributed by atoms with van der Waals surface area (Å²) in [6.45, 7) is 1.39. The molecule has 4 nitrogen and oxygen atoms in total. The highest BCUT2D eigenvalue weighted by molar-refractivity contribution is 7.98. The highest BCUT2D eigenvalue weighted by Gasteiger charge is 2.29. The summed E-state index contributed by atoms with van der Waals surface area (Å²) in [5.74, 6) is -0.0313. The SMILES string of the molecule is Cc1cc(SCc2cc(-c3ccc(C(F)(F)F)cc3)ccc2O)ccc1OCC(=O)O. The van der Waals surface area contributed by atoms with Gasteiger partial charge in [0.1, 0.15) is 11.5 Å². The van der Waals surface area contributed by atoms with Crippen LogP contribution in [0.5, 0.6) is 11.5 Å². The number of benzene rings is 3. The van der Waals surface area contributed by atoms with Gasteiger partial charge in [-0.1, -0.05) is 18.2 Å². The van der Waals surface area contributed by atoms with E-state index in [0.717, 1.165) is 22.6 Å². The Balaban J connectivity index is 1.73. The number of aromatic hydroxyl groups is 1. The van der Waals surface area contributed by atoms with Gasteiger partial charge in [-0.3, -0.25) is 0 Å². The van der Waals surface area contributed by atoms with Crippen molar-refractivity contribution in [1.82, 2.24) is 0 Å². The summed E-state index contributed by atoms with van der Waals surface area (Å²) in [6.07, 6.45) is -4.39. The van der Waals surface area contributed by atoms with Gasteiger partial charge in [0.05, 0.1) is 5.56 Å². The summed E-state index contributed by atoms with van der Waals surface area (Å²) in [7, 11) is 0. The zero-order valence-electron chi connectivity index (χ0n) is 16.4. The second kappa shape index (κ2) is 9.34. The molecule has 0 aliphatic carbocycles. The Morgan fingerprint density at radius 1 is 1.00 bits per heavy atom. The Morgan fingerprint density at radius 2 is 1.68 bits per heavy atom. The van der Waals surface area contributed by atoms with E-state index in [2.05, 4.69) is 0 Å². The molecule has 3 aromatic rings. The first kappa shape index (κ1) is 22.6. The first-order valence-electron chi connectivity index (χ1n) is 9.21. The molecular formula is C23H19F3O4S. The highest BCUT2D eigenvalue weighted by Crippen LogP contribution is 2.34. The highest BCUT2D eigenvalue weighted by atomic mass is 32.2. The third-order valence-electron chi connectivity index (χ3n) is 4.52. The van der Waals surface area contributed by atoms with Crippen LogP contribution in [-0.2, 0) is 16.7 Å². The summed E-state index contributed by atoms with van der Waals surface area (Å²) < 4.78 is 43.5. The van der Waals surface area contributed by atoms with Crippen molar-refractivity contribution in [3.8, 4) is 22.6 Å². The number of carboxylic acid groups (broad SMARTS) is 1. The molecule has 3 rings (SSSR count). The van der Waals surface area contributed by atoms with Crippen molar-refractivity contribution < 1.29 is 32.9 Å². The molecule has 0 atom stereocenters. The molecule has 0 radical (unpaired) electrons. The van der Waals surface area contributed by atoms with E-state index in [9.17, 15) is 23.1 Å². The molecule has 0 saturated carbocycles. The van der Waals surface area contributed by atoms with Crippen LogP contribution >= 0.6 is 11.8 Å². The molecular weight excluding hydrogens is 429 g/mol. The topological polar surface area (TPSA) is 66.8 Å². The van der Waals surface area contributed by atoms with E-state index in [0.29, 0.717) is 28.2 Å². The maximum Gasteiger partial charge on any atom is 0.416 e. The fourth-order valence-corrected chi connectivity index (χ4v) is 3.88. The number of thioether (sulfide) groups is 1. The number of carboxylic acids is 1. The monoisotopic (exact) mass is 448 g/mol. The number of halogens is 3. The van der Waals surface area contributed by atoms with Gasteiger partial charge in [0.2, 0.25) is 0 Å². The molecule has 0 aliphatic rings. The van der Waals surface area contributed by atoms with E-state index in [1.165, 1.54) is 30.0 Å². The van der Waals surface area contributed by atoms with Crippen LogP contribution in [0.15, 0.2) is 65.6 Å². The molecule has 0 spiro atoms. The second-order valence-electron chi connectivity index (χ2n) is 6.82. The summed E-state index contributed by atoms with van der Waals surface area (Å²) in [5.41, 5.74) is 2.04. The Morgan fingerprint density at radius 3 is 2.29 bits per heavy atom. The minimum absolute atomic E-state index is 0.0984. The Hall–Kier alpha value is -3.13. The number of aliphatic carboxylic acids is 1. The quantitative estimate of drug-likeness (QED) is 0.425. The Bertz CT molecular complexity index is 1080. The van der Waals surface area contributed by atoms with Crippen molar-refractivity contribution in [2.75, 3.05) is 6.61 Å². The molecule has 0 fully saturated rings. The zero-order valence-corrected chi connectivity index (χ0v) is 17.3. The normalized spacial score (nSPS) is 11.4. The van der Waals surface area contributed by atoms with E-state index >= 15 is 0 Å². The molecule has 3 aromatic carbocycles. The van der Waals surface area contributed by atoms with Crippen LogP contribution in [0, 0.1) is 6.92 Å². The zero-order chi connectivity index (χ0) is 22.6. The predicted octanol–water partition coefficient (Wildman–Crippen LogP) is 6.14. The van der Waals surface area contributed by atoms with Gasteiger partial charge in [-0.2, -0.15) is 13.2 Å². The van der Waals surface area contributed by atoms with Crippen molar-refractivity contribution in [3.05, 3.63) is 77.4 Å². The lowest BCUT2D eigenvalue weighted by atomic mass is 10.0. The maximum absolute atomic E-state index is 12.8. The number of alkyl halides is 3. The Labute approximate surface area is 181 Å². The van der Waals surface area contributed by atoms with Crippen LogP contribution in [0.4, 0.5) is 13.2 Å². The third kappa shape index (κ3) is 5.95. The third-order valence-corrected chi connectivity index (χ3v) is 5.56.